The van der Waals surface area contributed by atoms with Gasteiger partial charge in [0.15, 0.2) is 0 Å². The molecule has 1 aliphatic rings. The van der Waals surface area contributed by atoms with Crippen LogP contribution in [0.1, 0.15) is 18.4 Å². The van der Waals surface area contributed by atoms with Gasteiger partial charge < -0.3 is 10.1 Å². The van der Waals surface area contributed by atoms with Crippen molar-refractivity contribution in [1.82, 2.24) is 10.3 Å². The Kier molecular flexibility index (Phi) is 2.99. The molecule has 1 saturated heterocycles. The third kappa shape index (κ3) is 2.23. The standard InChI is InChI=1S/C11H16N2O/c1-9-4-2-7-13-11(9)14-8-10-5-3-6-12-10/h2,4,7,10,12H,3,5-6,8H2,1H3/t10-/m1/s1. The summed E-state index contributed by atoms with van der Waals surface area (Å²) in [5.74, 6) is 0.765. The minimum Gasteiger partial charge on any atom is -0.476 e. The van der Waals surface area contributed by atoms with Gasteiger partial charge >= 0.3 is 0 Å². The molecule has 0 bridgehead atoms. The van der Waals surface area contributed by atoms with Gasteiger partial charge in [-0.3, -0.25) is 0 Å². The maximum absolute atomic E-state index is 5.65. The van der Waals surface area contributed by atoms with Gasteiger partial charge in [-0.15, -0.1) is 0 Å². The van der Waals surface area contributed by atoms with E-state index >= 15 is 0 Å². The van der Waals surface area contributed by atoms with Crippen LogP contribution in [0, 0.1) is 6.92 Å². The number of hydrogen-bond acceptors (Lipinski definition) is 3. The van der Waals surface area contributed by atoms with Crippen molar-refractivity contribution in [1.29, 1.82) is 0 Å². The average Bonchev–Trinajstić information content (AvgIpc) is 2.69. The highest BCUT2D eigenvalue weighted by Gasteiger charge is 2.14. The van der Waals surface area contributed by atoms with Gasteiger partial charge in [0.2, 0.25) is 5.88 Å². The van der Waals surface area contributed by atoms with Crippen molar-refractivity contribution in [3.63, 3.8) is 0 Å². The molecule has 1 aromatic heterocycles. The zero-order valence-corrected chi connectivity index (χ0v) is 8.49. The Hall–Kier alpha value is -1.09. The molecule has 14 heavy (non-hydrogen) atoms. The molecule has 0 saturated carbocycles. The molecule has 1 N–H and O–H groups in total. The van der Waals surface area contributed by atoms with Crippen LogP contribution in [-0.2, 0) is 0 Å². The van der Waals surface area contributed by atoms with E-state index in [1.165, 1.54) is 12.8 Å². The molecular formula is C11H16N2O. The van der Waals surface area contributed by atoms with Crippen LogP contribution in [0.3, 0.4) is 0 Å². The minimum absolute atomic E-state index is 0.511. The van der Waals surface area contributed by atoms with Crippen molar-refractivity contribution in [2.75, 3.05) is 13.2 Å². The summed E-state index contributed by atoms with van der Waals surface area (Å²) in [5.41, 5.74) is 1.10. The molecule has 1 aromatic rings. The van der Waals surface area contributed by atoms with E-state index in [0.717, 1.165) is 24.6 Å². The molecule has 0 unspecified atom stereocenters. The van der Waals surface area contributed by atoms with E-state index in [4.69, 9.17) is 4.74 Å². The molecule has 0 aromatic carbocycles. The first-order chi connectivity index (χ1) is 6.86. The summed E-state index contributed by atoms with van der Waals surface area (Å²) in [4.78, 5) is 4.19. The van der Waals surface area contributed by atoms with E-state index in [-0.39, 0.29) is 0 Å². The highest BCUT2D eigenvalue weighted by Crippen LogP contribution is 2.13. The van der Waals surface area contributed by atoms with E-state index in [1.54, 1.807) is 6.20 Å². The van der Waals surface area contributed by atoms with Gasteiger partial charge in [-0.05, 0) is 32.4 Å². The van der Waals surface area contributed by atoms with E-state index in [0.29, 0.717) is 6.04 Å². The Morgan fingerprint density at radius 3 is 3.29 bits per heavy atom. The van der Waals surface area contributed by atoms with Crippen molar-refractivity contribution >= 4 is 0 Å². The average molecular weight is 192 g/mol. The smallest absolute Gasteiger partial charge is 0.216 e. The molecule has 0 spiro atoms. The van der Waals surface area contributed by atoms with Gasteiger partial charge in [-0.1, -0.05) is 6.07 Å². The van der Waals surface area contributed by atoms with E-state index < -0.39 is 0 Å². The van der Waals surface area contributed by atoms with E-state index in [9.17, 15) is 0 Å². The van der Waals surface area contributed by atoms with Crippen LogP contribution in [-0.4, -0.2) is 24.2 Å². The first kappa shape index (κ1) is 9.46. The summed E-state index contributed by atoms with van der Waals surface area (Å²) < 4.78 is 5.65. The number of aryl methyl sites for hydroxylation is 1. The topological polar surface area (TPSA) is 34.1 Å². The Balaban J connectivity index is 1.88. The van der Waals surface area contributed by atoms with Crippen LogP contribution in [0.5, 0.6) is 5.88 Å². The van der Waals surface area contributed by atoms with Crippen LogP contribution in [0.4, 0.5) is 0 Å². The fourth-order valence-electron chi connectivity index (χ4n) is 1.70. The summed E-state index contributed by atoms with van der Waals surface area (Å²) in [6.45, 7) is 3.87. The van der Waals surface area contributed by atoms with Crippen LogP contribution in [0.2, 0.25) is 0 Å². The molecule has 1 aliphatic heterocycles. The predicted octanol–water partition coefficient (Wildman–Crippen LogP) is 1.52. The second-order valence-corrected chi connectivity index (χ2v) is 3.73. The first-order valence-corrected chi connectivity index (χ1v) is 5.14. The highest BCUT2D eigenvalue weighted by atomic mass is 16.5. The molecule has 2 heterocycles. The van der Waals surface area contributed by atoms with Gasteiger partial charge in [0.1, 0.15) is 6.61 Å². The maximum atomic E-state index is 5.65. The SMILES string of the molecule is Cc1cccnc1OC[C@H]1CCCN1. The molecule has 0 radical (unpaired) electrons. The molecule has 2 rings (SSSR count). The molecule has 1 atom stereocenters. The predicted molar refractivity (Wildman–Crippen MR) is 55.5 cm³/mol. The second kappa shape index (κ2) is 4.42. The third-order valence-electron chi connectivity index (χ3n) is 2.55. The Morgan fingerprint density at radius 1 is 1.64 bits per heavy atom. The van der Waals surface area contributed by atoms with Crippen LogP contribution in [0.25, 0.3) is 0 Å². The van der Waals surface area contributed by atoms with Crippen molar-refractivity contribution < 1.29 is 4.74 Å². The van der Waals surface area contributed by atoms with Crippen molar-refractivity contribution in [3.05, 3.63) is 23.9 Å². The Labute approximate surface area is 84.5 Å². The Morgan fingerprint density at radius 2 is 2.57 bits per heavy atom. The number of pyridine rings is 1. The molecule has 0 aliphatic carbocycles. The van der Waals surface area contributed by atoms with Gasteiger partial charge in [0, 0.05) is 17.8 Å². The Bertz CT molecular complexity index is 295. The van der Waals surface area contributed by atoms with E-state index in [2.05, 4.69) is 10.3 Å². The molecule has 1 fully saturated rings. The first-order valence-electron chi connectivity index (χ1n) is 5.14. The highest BCUT2D eigenvalue weighted by molar-refractivity contribution is 5.23. The largest absolute Gasteiger partial charge is 0.476 e. The van der Waals surface area contributed by atoms with Crippen LogP contribution < -0.4 is 10.1 Å². The number of hydrogen-bond donors (Lipinski definition) is 1. The molecule has 0 amide bonds. The normalized spacial score (nSPS) is 21.1. The fraction of sp³-hybridized carbons (Fsp3) is 0.545. The minimum atomic E-state index is 0.511. The number of rotatable bonds is 3. The summed E-state index contributed by atoms with van der Waals surface area (Å²) in [6, 6.07) is 4.46. The lowest BCUT2D eigenvalue weighted by Crippen LogP contribution is -2.28. The fourth-order valence-corrected chi connectivity index (χ4v) is 1.70. The molecular weight excluding hydrogens is 176 g/mol. The lowest BCUT2D eigenvalue weighted by molar-refractivity contribution is 0.266. The van der Waals surface area contributed by atoms with Crippen LogP contribution in [0.15, 0.2) is 18.3 Å². The number of nitrogens with one attached hydrogen (secondary N) is 1. The van der Waals surface area contributed by atoms with Gasteiger partial charge in [0.05, 0.1) is 0 Å². The lowest BCUT2D eigenvalue weighted by Gasteiger charge is -2.12. The van der Waals surface area contributed by atoms with Crippen molar-refractivity contribution in [2.45, 2.75) is 25.8 Å². The zero-order chi connectivity index (χ0) is 9.80. The molecule has 76 valence electrons. The van der Waals surface area contributed by atoms with Gasteiger partial charge in [-0.2, -0.15) is 0 Å². The summed E-state index contributed by atoms with van der Waals surface area (Å²) in [7, 11) is 0. The second-order valence-electron chi connectivity index (χ2n) is 3.73. The summed E-state index contributed by atoms with van der Waals surface area (Å²) >= 11 is 0. The molecule has 3 nitrogen and oxygen atoms in total. The van der Waals surface area contributed by atoms with Crippen LogP contribution >= 0.6 is 0 Å². The number of nitrogens with zero attached hydrogens (tertiary/aromatic N) is 1. The quantitative estimate of drug-likeness (QED) is 0.788. The number of aromatic nitrogens is 1. The summed E-state index contributed by atoms with van der Waals surface area (Å²) in [6.07, 6.45) is 4.24. The number of ether oxygens (including phenoxy) is 1. The van der Waals surface area contributed by atoms with Gasteiger partial charge in [0.25, 0.3) is 0 Å². The van der Waals surface area contributed by atoms with Gasteiger partial charge in [-0.25, -0.2) is 4.98 Å². The monoisotopic (exact) mass is 192 g/mol. The van der Waals surface area contributed by atoms with Crippen molar-refractivity contribution in [2.24, 2.45) is 0 Å². The molecule has 3 heteroatoms. The zero-order valence-electron chi connectivity index (χ0n) is 8.49. The third-order valence-corrected chi connectivity index (χ3v) is 2.55. The van der Waals surface area contributed by atoms with Crippen molar-refractivity contribution in [3.8, 4) is 5.88 Å². The lowest BCUT2D eigenvalue weighted by atomic mass is 10.2. The maximum Gasteiger partial charge on any atom is 0.216 e. The summed E-state index contributed by atoms with van der Waals surface area (Å²) in [5, 5.41) is 3.39. The van der Waals surface area contributed by atoms with E-state index in [1.807, 2.05) is 19.1 Å².